The molecule has 0 aliphatic carbocycles. The fraction of sp³-hybridized carbons (Fsp3) is 0.364. The average molecular weight is 293 g/mol. The zero-order valence-electron chi connectivity index (χ0n) is 10.4. The summed E-state index contributed by atoms with van der Waals surface area (Å²) in [7, 11) is 3.99. The van der Waals surface area contributed by atoms with E-state index in [9.17, 15) is 0 Å². The number of anilines is 1. The lowest BCUT2D eigenvalue weighted by Crippen LogP contribution is -2.19. The van der Waals surface area contributed by atoms with Gasteiger partial charge in [0.15, 0.2) is 0 Å². The molecule has 0 radical (unpaired) electrons. The van der Waals surface area contributed by atoms with Crippen LogP contribution in [0, 0.1) is 0 Å². The molecule has 5 nitrogen and oxygen atoms in total. The first-order valence-corrected chi connectivity index (χ1v) is 5.19. The first-order valence-electron chi connectivity index (χ1n) is 5.19. The van der Waals surface area contributed by atoms with Crippen LogP contribution in [-0.2, 0) is 0 Å². The Kier molecular flexibility index (Phi) is 6.83. The molecule has 0 bridgehead atoms. The molecule has 0 atom stereocenters. The van der Waals surface area contributed by atoms with Gasteiger partial charge in [0.2, 0.25) is 0 Å². The first-order chi connectivity index (χ1) is 7.68. The van der Waals surface area contributed by atoms with E-state index in [2.05, 4.69) is 5.10 Å². The van der Waals surface area contributed by atoms with E-state index in [1.54, 1.807) is 4.52 Å². The molecule has 0 aromatic carbocycles. The zero-order chi connectivity index (χ0) is 11.5. The highest BCUT2D eigenvalue weighted by Gasteiger charge is 2.09. The molecule has 0 fully saturated rings. The minimum absolute atomic E-state index is 0. The highest BCUT2D eigenvalue weighted by atomic mass is 35.5. The predicted octanol–water partition coefficient (Wildman–Crippen LogP) is 1.70. The van der Waals surface area contributed by atoms with Crippen molar-refractivity contribution >= 4 is 36.0 Å². The Labute approximate surface area is 119 Å². The smallest absolute Gasteiger partial charge is 0.257 e. The topological polar surface area (TPSA) is 55.8 Å². The second kappa shape index (κ2) is 7.31. The van der Waals surface area contributed by atoms with Crippen molar-refractivity contribution < 1.29 is 4.74 Å². The Morgan fingerprint density at radius 1 is 1.33 bits per heavy atom. The Morgan fingerprint density at radius 3 is 2.67 bits per heavy atom. The van der Waals surface area contributed by atoms with Gasteiger partial charge in [0.1, 0.15) is 12.3 Å². The molecule has 0 saturated heterocycles. The van der Waals surface area contributed by atoms with Crippen LogP contribution in [0.2, 0.25) is 0 Å². The second-order valence-electron chi connectivity index (χ2n) is 3.90. The molecule has 0 aliphatic rings. The van der Waals surface area contributed by atoms with Crippen molar-refractivity contribution in [1.82, 2.24) is 14.5 Å². The SMILES string of the molecule is CN(C)CCOc1nn2ccccc2c1N.Cl.Cl. The summed E-state index contributed by atoms with van der Waals surface area (Å²) in [6.45, 7) is 1.42. The van der Waals surface area contributed by atoms with E-state index in [-0.39, 0.29) is 24.8 Å². The number of halogens is 2. The Hall–Kier alpha value is -1.17. The van der Waals surface area contributed by atoms with Gasteiger partial charge in [-0.2, -0.15) is 0 Å². The Bertz CT molecular complexity index is 487. The molecule has 0 spiro atoms. The standard InChI is InChI=1S/C11H16N4O.2ClH/c1-14(2)7-8-16-11-10(12)9-5-3-4-6-15(9)13-11;;/h3-6H,7-8,12H2,1-2H3;2*1H. The third kappa shape index (κ3) is 3.66. The van der Waals surface area contributed by atoms with Gasteiger partial charge in [0.25, 0.3) is 5.88 Å². The van der Waals surface area contributed by atoms with E-state index < -0.39 is 0 Å². The minimum atomic E-state index is 0. The molecule has 0 amide bonds. The fourth-order valence-electron chi connectivity index (χ4n) is 1.43. The number of ether oxygens (including phenoxy) is 1. The van der Waals surface area contributed by atoms with Crippen molar-refractivity contribution in [2.45, 2.75) is 0 Å². The average Bonchev–Trinajstić information content (AvgIpc) is 2.56. The number of hydrogen-bond acceptors (Lipinski definition) is 4. The molecule has 2 N–H and O–H groups in total. The molecule has 7 heteroatoms. The molecule has 2 aromatic heterocycles. The number of fused-ring (bicyclic) bond motifs is 1. The van der Waals surface area contributed by atoms with Crippen molar-refractivity contribution in [2.75, 3.05) is 33.0 Å². The van der Waals surface area contributed by atoms with Crippen LogP contribution >= 0.6 is 24.8 Å². The van der Waals surface area contributed by atoms with E-state index in [0.29, 0.717) is 18.2 Å². The van der Waals surface area contributed by atoms with Crippen molar-refractivity contribution in [2.24, 2.45) is 0 Å². The summed E-state index contributed by atoms with van der Waals surface area (Å²) in [5.41, 5.74) is 7.41. The number of rotatable bonds is 4. The van der Waals surface area contributed by atoms with Crippen LogP contribution in [0.25, 0.3) is 5.52 Å². The van der Waals surface area contributed by atoms with Gasteiger partial charge < -0.3 is 15.4 Å². The fourth-order valence-corrected chi connectivity index (χ4v) is 1.43. The molecule has 0 unspecified atom stereocenters. The second-order valence-corrected chi connectivity index (χ2v) is 3.90. The van der Waals surface area contributed by atoms with E-state index in [1.165, 1.54) is 0 Å². The number of nitrogens with zero attached hydrogens (tertiary/aromatic N) is 3. The minimum Gasteiger partial charge on any atom is -0.474 e. The van der Waals surface area contributed by atoms with Gasteiger partial charge >= 0.3 is 0 Å². The highest BCUT2D eigenvalue weighted by molar-refractivity contribution is 5.85. The number of nitrogens with two attached hydrogens (primary N) is 1. The summed E-state index contributed by atoms with van der Waals surface area (Å²) in [5.74, 6) is 0.507. The van der Waals surface area contributed by atoms with Crippen LogP contribution in [0.3, 0.4) is 0 Å². The Morgan fingerprint density at radius 2 is 2.06 bits per heavy atom. The van der Waals surface area contributed by atoms with Gasteiger partial charge in [-0.05, 0) is 26.2 Å². The number of aromatic nitrogens is 2. The van der Waals surface area contributed by atoms with Crippen molar-refractivity contribution in [3.05, 3.63) is 24.4 Å². The highest BCUT2D eigenvalue weighted by Crippen LogP contribution is 2.24. The third-order valence-corrected chi connectivity index (χ3v) is 2.32. The summed E-state index contributed by atoms with van der Waals surface area (Å²) in [4.78, 5) is 2.05. The van der Waals surface area contributed by atoms with E-state index in [0.717, 1.165) is 12.1 Å². The van der Waals surface area contributed by atoms with Crippen LogP contribution in [0.4, 0.5) is 5.69 Å². The monoisotopic (exact) mass is 292 g/mol. The van der Waals surface area contributed by atoms with Crippen molar-refractivity contribution in [3.63, 3.8) is 0 Å². The maximum atomic E-state index is 5.93. The quantitative estimate of drug-likeness (QED) is 0.932. The molecule has 0 aliphatic heterocycles. The van der Waals surface area contributed by atoms with Gasteiger partial charge in [-0.25, -0.2) is 4.52 Å². The van der Waals surface area contributed by atoms with Crippen LogP contribution in [-0.4, -0.2) is 41.8 Å². The summed E-state index contributed by atoms with van der Waals surface area (Å²) in [5, 5.41) is 4.26. The van der Waals surface area contributed by atoms with Crippen LogP contribution in [0.5, 0.6) is 5.88 Å². The molecule has 18 heavy (non-hydrogen) atoms. The number of hydrogen-bond donors (Lipinski definition) is 1. The molecule has 2 aromatic rings. The van der Waals surface area contributed by atoms with Crippen LogP contribution < -0.4 is 10.5 Å². The van der Waals surface area contributed by atoms with Crippen molar-refractivity contribution in [3.8, 4) is 5.88 Å². The largest absolute Gasteiger partial charge is 0.474 e. The summed E-state index contributed by atoms with van der Waals surface area (Å²) < 4.78 is 7.26. The first kappa shape index (κ1) is 16.8. The molecule has 0 saturated carbocycles. The van der Waals surface area contributed by atoms with Gasteiger partial charge in [0.05, 0.1) is 5.52 Å². The van der Waals surface area contributed by atoms with E-state index in [4.69, 9.17) is 10.5 Å². The van der Waals surface area contributed by atoms with Crippen LogP contribution in [0.1, 0.15) is 0 Å². The van der Waals surface area contributed by atoms with Gasteiger partial charge in [-0.3, -0.25) is 0 Å². The maximum absolute atomic E-state index is 5.93. The normalized spacial score (nSPS) is 9.94. The molecule has 102 valence electrons. The summed E-state index contributed by atoms with van der Waals surface area (Å²) in [6.07, 6.45) is 1.85. The molecule has 2 rings (SSSR count). The van der Waals surface area contributed by atoms with Crippen LogP contribution in [0.15, 0.2) is 24.4 Å². The maximum Gasteiger partial charge on any atom is 0.257 e. The van der Waals surface area contributed by atoms with Crippen molar-refractivity contribution in [1.29, 1.82) is 0 Å². The van der Waals surface area contributed by atoms with Gasteiger partial charge in [0, 0.05) is 12.7 Å². The molecular formula is C11H18Cl2N4O. The zero-order valence-corrected chi connectivity index (χ0v) is 12.0. The predicted molar refractivity (Wildman–Crippen MR) is 78.1 cm³/mol. The molecule has 2 heterocycles. The lowest BCUT2D eigenvalue weighted by Gasteiger charge is -2.09. The number of pyridine rings is 1. The van der Waals surface area contributed by atoms with E-state index >= 15 is 0 Å². The van der Waals surface area contributed by atoms with Gasteiger partial charge in [-0.1, -0.05) is 6.07 Å². The Balaban J connectivity index is 0.00000144. The van der Waals surface area contributed by atoms with Gasteiger partial charge in [-0.15, -0.1) is 29.9 Å². The lowest BCUT2D eigenvalue weighted by molar-refractivity contribution is 0.254. The third-order valence-electron chi connectivity index (χ3n) is 2.32. The number of likely N-dealkylation sites (N-methyl/N-ethyl adjacent to an activating group) is 1. The summed E-state index contributed by atoms with van der Waals surface area (Å²) in [6, 6.07) is 5.75. The number of nitrogen functional groups attached to an aromatic ring is 1. The molecular weight excluding hydrogens is 275 g/mol. The van der Waals surface area contributed by atoms with E-state index in [1.807, 2.05) is 43.4 Å². The lowest BCUT2D eigenvalue weighted by atomic mass is 10.4. The summed E-state index contributed by atoms with van der Waals surface area (Å²) >= 11 is 0.